The maximum absolute atomic E-state index is 14.2. The summed E-state index contributed by atoms with van der Waals surface area (Å²) in [6, 6.07) is 7.97. The van der Waals surface area contributed by atoms with Gasteiger partial charge in [-0.15, -0.1) is 5.10 Å². The summed E-state index contributed by atoms with van der Waals surface area (Å²) in [5.41, 5.74) is 1.33. The first-order valence-electron chi connectivity index (χ1n) is 11.7. The Hall–Kier alpha value is -3.00. The predicted molar refractivity (Wildman–Crippen MR) is 123 cm³/mol. The number of pyridine rings is 1. The second-order valence-electron chi connectivity index (χ2n) is 8.94. The molecule has 0 bridgehead atoms. The van der Waals surface area contributed by atoms with Crippen LogP contribution in [0.15, 0.2) is 47.5 Å². The number of nitrogens with one attached hydrogen (secondary N) is 1. The van der Waals surface area contributed by atoms with Crippen LogP contribution in [-0.4, -0.2) is 31.7 Å². The first-order valence-corrected chi connectivity index (χ1v) is 11.7. The average molecular weight is 455 g/mol. The maximum atomic E-state index is 14.2. The molecule has 4 rings (SSSR count). The van der Waals surface area contributed by atoms with Crippen molar-refractivity contribution in [2.24, 2.45) is 5.92 Å². The highest BCUT2D eigenvalue weighted by Gasteiger charge is 2.31. The third-order valence-electron chi connectivity index (χ3n) is 6.33. The number of aromatic amines is 1. The van der Waals surface area contributed by atoms with E-state index in [4.69, 9.17) is 4.74 Å². The number of benzene rings is 1. The van der Waals surface area contributed by atoms with Gasteiger partial charge in [-0.25, -0.2) is 9.07 Å². The maximum Gasteiger partial charge on any atom is 0.247 e. The van der Waals surface area contributed by atoms with Gasteiger partial charge in [-0.05, 0) is 74.1 Å². The zero-order valence-electron chi connectivity index (χ0n) is 19.0. The van der Waals surface area contributed by atoms with E-state index in [2.05, 4.69) is 15.3 Å². The summed E-state index contributed by atoms with van der Waals surface area (Å²) < 4.78 is 21.6. The fourth-order valence-corrected chi connectivity index (χ4v) is 3.89. The lowest BCUT2D eigenvalue weighted by Gasteiger charge is -2.28. The van der Waals surface area contributed by atoms with E-state index >= 15 is 0 Å². The first kappa shape index (κ1) is 23.2. The average Bonchev–Trinajstić information content (AvgIpc) is 3.55. The van der Waals surface area contributed by atoms with E-state index < -0.39 is 11.4 Å². The van der Waals surface area contributed by atoms with Crippen LogP contribution >= 0.6 is 0 Å². The Morgan fingerprint density at radius 3 is 2.79 bits per heavy atom. The van der Waals surface area contributed by atoms with Crippen LogP contribution in [0.5, 0.6) is 5.75 Å². The van der Waals surface area contributed by atoms with Crippen LogP contribution in [0, 0.1) is 11.7 Å². The molecule has 2 N–H and O–H groups in total. The number of H-pyrrole nitrogens is 1. The lowest BCUT2D eigenvalue weighted by Crippen LogP contribution is -2.32. The third kappa shape index (κ3) is 6.07. The van der Waals surface area contributed by atoms with Gasteiger partial charge in [0.25, 0.3) is 0 Å². The van der Waals surface area contributed by atoms with E-state index in [1.165, 1.54) is 12.1 Å². The van der Waals surface area contributed by atoms with Gasteiger partial charge in [0.1, 0.15) is 5.60 Å². The fraction of sp³-hybridized carbons (Fsp3) is 0.480. The smallest absolute Gasteiger partial charge is 0.247 e. The van der Waals surface area contributed by atoms with E-state index in [1.54, 1.807) is 29.2 Å². The number of hydrogen-bond acceptors (Lipinski definition) is 5. The molecule has 0 radical (unpaired) electrons. The normalized spacial score (nSPS) is 15.4. The van der Waals surface area contributed by atoms with Gasteiger partial charge in [0, 0.05) is 12.3 Å². The number of aromatic nitrogens is 4. The molecule has 2 heterocycles. The summed E-state index contributed by atoms with van der Waals surface area (Å²) in [5, 5.41) is 19.7. The van der Waals surface area contributed by atoms with Gasteiger partial charge in [-0.3, -0.25) is 4.79 Å². The van der Waals surface area contributed by atoms with Crippen molar-refractivity contribution in [3.63, 3.8) is 0 Å². The SMILES string of the molecule is CCC(O)(Cn1nncc1CCCCc1ccc(=O)[nH]c1)c1ccc(F)c(OCC2CC2)c1. The summed E-state index contributed by atoms with van der Waals surface area (Å²) in [7, 11) is 0. The molecule has 1 aliphatic rings. The largest absolute Gasteiger partial charge is 0.490 e. The molecule has 1 fully saturated rings. The molecule has 1 atom stereocenters. The monoisotopic (exact) mass is 454 g/mol. The summed E-state index contributed by atoms with van der Waals surface area (Å²) in [4.78, 5) is 13.9. The molecule has 0 amide bonds. The minimum atomic E-state index is -1.22. The van der Waals surface area contributed by atoms with Crippen LogP contribution in [0.4, 0.5) is 4.39 Å². The Balaban J connectivity index is 1.38. The summed E-state index contributed by atoms with van der Waals surface area (Å²) in [6.45, 7) is 2.64. The first-order chi connectivity index (χ1) is 16.0. The van der Waals surface area contributed by atoms with Gasteiger partial charge in [0.2, 0.25) is 5.56 Å². The van der Waals surface area contributed by atoms with Crippen LogP contribution in [0.2, 0.25) is 0 Å². The van der Waals surface area contributed by atoms with Gasteiger partial charge in [-0.2, -0.15) is 0 Å². The molecule has 2 aromatic heterocycles. The molecule has 1 saturated carbocycles. The van der Waals surface area contributed by atoms with Crippen LogP contribution in [0.3, 0.4) is 0 Å². The molecule has 8 heteroatoms. The van der Waals surface area contributed by atoms with Crippen molar-refractivity contribution in [3.8, 4) is 5.75 Å². The number of ether oxygens (including phenoxy) is 1. The molecule has 33 heavy (non-hydrogen) atoms. The lowest BCUT2D eigenvalue weighted by atomic mass is 9.90. The van der Waals surface area contributed by atoms with Crippen LogP contribution in [0.1, 0.15) is 55.8 Å². The van der Waals surface area contributed by atoms with E-state index in [0.717, 1.165) is 49.8 Å². The molecule has 0 spiro atoms. The molecule has 1 aromatic carbocycles. The predicted octanol–water partition coefficient (Wildman–Crippen LogP) is 3.76. The number of rotatable bonds is 12. The van der Waals surface area contributed by atoms with Crippen molar-refractivity contribution >= 4 is 0 Å². The number of hydrogen-bond donors (Lipinski definition) is 2. The molecule has 1 aliphatic carbocycles. The van der Waals surface area contributed by atoms with Gasteiger partial charge in [-0.1, -0.05) is 24.3 Å². The number of halogens is 1. The lowest BCUT2D eigenvalue weighted by molar-refractivity contribution is 0.00941. The standard InChI is InChI=1S/C25H31FN4O3/c1-2-25(32,20-10-11-22(26)23(13-20)33-16-19-7-8-19)17-30-21(15-28-29-30)6-4-3-5-18-9-12-24(31)27-14-18/h9-15,19,32H,2-8,16-17H2,1H3,(H,27,31). The molecule has 0 aliphatic heterocycles. The van der Waals surface area contributed by atoms with Gasteiger partial charge in [0.05, 0.1) is 25.0 Å². The topological polar surface area (TPSA) is 93.0 Å². The van der Waals surface area contributed by atoms with Crippen LogP contribution < -0.4 is 10.3 Å². The Labute approximate surface area is 192 Å². The van der Waals surface area contributed by atoms with Crippen LogP contribution in [0.25, 0.3) is 0 Å². The highest BCUT2D eigenvalue weighted by atomic mass is 19.1. The highest BCUT2D eigenvalue weighted by molar-refractivity contribution is 5.34. The molecule has 0 saturated heterocycles. The third-order valence-corrected chi connectivity index (χ3v) is 6.33. The minimum Gasteiger partial charge on any atom is -0.490 e. The number of unbranched alkanes of at least 4 members (excludes halogenated alkanes) is 1. The Kier molecular flexibility index (Phi) is 7.23. The highest BCUT2D eigenvalue weighted by Crippen LogP contribution is 2.33. The van der Waals surface area contributed by atoms with E-state index in [9.17, 15) is 14.3 Å². The van der Waals surface area contributed by atoms with E-state index in [-0.39, 0.29) is 17.9 Å². The van der Waals surface area contributed by atoms with Crippen molar-refractivity contribution in [1.82, 2.24) is 20.0 Å². The van der Waals surface area contributed by atoms with Crippen LogP contribution in [-0.2, 0) is 25.0 Å². The van der Waals surface area contributed by atoms with Gasteiger partial charge >= 0.3 is 0 Å². The zero-order chi connectivity index (χ0) is 23.3. The Morgan fingerprint density at radius 1 is 1.24 bits per heavy atom. The second kappa shape index (κ2) is 10.3. The summed E-state index contributed by atoms with van der Waals surface area (Å²) in [6.07, 6.45) is 9.69. The van der Waals surface area contributed by atoms with Crippen molar-refractivity contribution < 1.29 is 14.2 Å². The molecular weight excluding hydrogens is 423 g/mol. The Morgan fingerprint density at radius 2 is 2.06 bits per heavy atom. The zero-order valence-corrected chi connectivity index (χ0v) is 19.0. The molecule has 1 unspecified atom stereocenters. The summed E-state index contributed by atoms with van der Waals surface area (Å²) in [5.74, 6) is 0.286. The fourth-order valence-electron chi connectivity index (χ4n) is 3.89. The van der Waals surface area contributed by atoms with Gasteiger partial charge < -0.3 is 14.8 Å². The second-order valence-corrected chi connectivity index (χ2v) is 8.94. The molecule has 3 aromatic rings. The molecule has 7 nitrogen and oxygen atoms in total. The van der Waals surface area contributed by atoms with Crippen molar-refractivity contribution in [2.75, 3.05) is 6.61 Å². The number of aryl methyl sites for hydroxylation is 2. The minimum absolute atomic E-state index is 0.0973. The van der Waals surface area contributed by atoms with Crippen molar-refractivity contribution in [2.45, 2.75) is 64.0 Å². The van der Waals surface area contributed by atoms with Crippen molar-refractivity contribution in [1.29, 1.82) is 0 Å². The molecular formula is C25H31FN4O3. The Bertz CT molecular complexity index is 1100. The van der Waals surface area contributed by atoms with Gasteiger partial charge in [0.15, 0.2) is 11.6 Å². The molecule has 176 valence electrons. The number of nitrogens with zero attached hydrogens (tertiary/aromatic N) is 3. The number of aliphatic hydroxyl groups is 1. The van der Waals surface area contributed by atoms with E-state index in [0.29, 0.717) is 24.5 Å². The van der Waals surface area contributed by atoms with Crippen molar-refractivity contribution in [3.05, 3.63) is 75.7 Å². The summed E-state index contributed by atoms with van der Waals surface area (Å²) >= 11 is 0. The van der Waals surface area contributed by atoms with E-state index in [1.807, 2.05) is 13.0 Å². The quantitative estimate of drug-likeness (QED) is 0.407.